The van der Waals surface area contributed by atoms with Crippen molar-refractivity contribution in [2.75, 3.05) is 25.0 Å². The van der Waals surface area contributed by atoms with Crippen LogP contribution in [0.5, 0.6) is 0 Å². The van der Waals surface area contributed by atoms with E-state index in [0.717, 1.165) is 5.56 Å². The highest BCUT2D eigenvalue weighted by Gasteiger charge is 2.15. The van der Waals surface area contributed by atoms with Crippen LogP contribution in [0.3, 0.4) is 0 Å². The lowest BCUT2D eigenvalue weighted by Gasteiger charge is -2.21. The third-order valence-corrected chi connectivity index (χ3v) is 2.78. The Hall–Kier alpha value is -1.85. The quantitative estimate of drug-likeness (QED) is 0.904. The molecular weight excluding hydrogens is 268 g/mol. The molecule has 0 aliphatic rings. The molecule has 118 valence electrons. The zero-order valence-electron chi connectivity index (χ0n) is 13.8. The van der Waals surface area contributed by atoms with E-state index >= 15 is 0 Å². The Balaban J connectivity index is 2.40. The molecule has 0 unspecified atom stereocenters. The first kappa shape index (κ1) is 17.2. The minimum absolute atomic E-state index is 0.410. The summed E-state index contributed by atoms with van der Waals surface area (Å²) >= 11 is 0. The highest BCUT2D eigenvalue weighted by atomic mass is 16.6. The molecule has 0 fully saturated rings. The van der Waals surface area contributed by atoms with Crippen LogP contribution in [0.2, 0.25) is 0 Å². The number of hydrogen-bond acceptors (Lipinski definition) is 5. The van der Waals surface area contributed by atoms with Crippen LogP contribution < -0.4 is 10.2 Å². The van der Waals surface area contributed by atoms with Crippen molar-refractivity contribution in [1.82, 2.24) is 15.3 Å². The maximum absolute atomic E-state index is 11.5. The van der Waals surface area contributed by atoms with E-state index in [1.54, 1.807) is 0 Å². The highest BCUT2D eigenvalue weighted by molar-refractivity contribution is 5.67. The lowest BCUT2D eigenvalue weighted by atomic mass is 10.1. The second kappa shape index (κ2) is 7.24. The molecule has 1 N–H and O–H groups in total. The molecule has 0 aliphatic heterocycles. The van der Waals surface area contributed by atoms with Gasteiger partial charge in [-0.2, -0.15) is 0 Å². The molecule has 21 heavy (non-hydrogen) atoms. The van der Waals surface area contributed by atoms with Crippen molar-refractivity contribution in [3.05, 3.63) is 18.0 Å². The van der Waals surface area contributed by atoms with Crippen molar-refractivity contribution < 1.29 is 9.53 Å². The van der Waals surface area contributed by atoms with Crippen molar-refractivity contribution in [1.29, 1.82) is 0 Å². The summed E-state index contributed by atoms with van der Waals surface area (Å²) in [5.74, 6) is 1.06. The van der Waals surface area contributed by atoms with Crippen molar-refractivity contribution in [3.8, 4) is 0 Å². The van der Waals surface area contributed by atoms with Crippen molar-refractivity contribution >= 4 is 12.0 Å². The van der Waals surface area contributed by atoms with Crippen molar-refractivity contribution in [2.24, 2.45) is 0 Å². The van der Waals surface area contributed by atoms with Gasteiger partial charge in [0.05, 0.1) is 0 Å². The Kier molecular flexibility index (Phi) is 5.93. The van der Waals surface area contributed by atoms with Crippen LogP contribution in [0.4, 0.5) is 10.7 Å². The Morgan fingerprint density at radius 1 is 1.33 bits per heavy atom. The van der Waals surface area contributed by atoms with E-state index in [2.05, 4.69) is 29.1 Å². The highest BCUT2D eigenvalue weighted by Crippen LogP contribution is 2.13. The smallest absolute Gasteiger partial charge is 0.407 e. The van der Waals surface area contributed by atoms with E-state index in [9.17, 15) is 4.79 Å². The minimum Gasteiger partial charge on any atom is -0.444 e. The Morgan fingerprint density at radius 2 is 1.90 bits per heavy atom. The van der Waals surface area contributed by atoms with Gasteiger partial charge in [0.1, 0.15) is 5.60 Å². The standard InChI is InChI=1S/C15H26N4O2/c1-11(2)12-9-17-13(18-10-12)19(6)8-7-16-14(20)21-15(3,4)5/h9-11H,7-8H2,1-6H3,(H,16,20). The monoisotopic (exact) mass is 294 g/mol. The van der Waals surface area contributed by atoms with Crippen molar-refractivity contribution in [2.45, 2.75) is 46.1 Å². The molecule has 1 rings (SSSR count). The van der Waals surface area contributed by atoms with E-state index in [1.165, 1.54) is 0 Å². The number of anilines is 1. The van der Waals surface area contributed by atoms with Gasteiger partial charge in [-0.25, -0.2) is 14.8 Å². The summed E-state index contributed by atoms with van der Waals surface area (Å²) in [6.45, 7) is 10.8. The summed E-state index contributed by atoms with van der Waals surface area (Å²) < 4.78 is 5.17. The van der Waals surface area contributed by atoms with Crippen LogP contribution in [0.25, 0.3) is 0 Å². The molecule has 1 aromatic rings. The van der Waals surface area contributed by atoms with Crippen LogP contribution in [0.15, 0.2) is 12.4 Å². The molecular formula is C15H26N4O2. The molecule has 6 heteroatoms. The summed E-state index contributed by atoms with van der Waals surface area (Å²) in [7, 11) is 1.89. The predicted molar refractivity (Wildman–Crippen MR) is 83.6 cm³/mol. The van der Waals surface area contributed by atoms with Gasteiger partial charge < -0.3 is 15.0 Å². The second-order valence-corrected chi connectivity index (χ2v) is 6.32. The summed E-state index contributed by atoms with van der Waals surface area (Å²) in [6.07, 6.45) is 3.27. The molecule has 6 nitrogen and oxygen atoms in total. The minimum atomic E-state index is -0.480. The third kappa shape index (κ3) is 6.42. The van der Waals surface area contributed by atoms with Gasteiger partial charge in [-0.3, -0.25) is 0 Å². The Morgan fingerprint density at radius 3 is 2.38 bits per heavy atom. The molecule has 0 saturated heterocycles. The van der Waals surface area contributed by atoms with Crippen LogP contribution in [-0.4, -0.2) is 41.8 Å². The third-order valence-electron chi connectivity index (χ3n) is 2.78. The van der Waals surface area contributed by atoms with Gasteiger partial charge in [0, 0.05) is 32.5 Å². The fourth-order valence-electron chi connectivity index (χ4n) is 1.57. The number of carbonyl (C=O) groups is 1. The summed E-state index contributed by atoms with van der Waals surface area (Å²) in [4.78, 5) is 22.1. The largest absolute Gasteiger partial charge is 0.444 e. The predicted octanol–water partition coefficient (Wildman–Crippen LogP) is 2.56. The molecule has 0 bridgehead atoms. The maximum Gasteiger partial charge on any atom is 0.407 e. The van der Waals surface area contributed by atoms with Gasteiger partial charge in [0.25, 0.3) is 0 Å². The van der Waals surface area contributed by atoms with Gasteiger partial charge >= 0.3 is 6.09 Å². The molecule has 0 atom stereocenters. The summed E-state index contributed by atoms with van der Waals surface area (Å²) in [6, 6.07) is 0. The molecule has 0 aromatic carbocycles. The summed E-state index contributed by atoms with van der Waals surface area (Å²) in [5.41, 5.74) is 0.630. The van der Waals surface area contributed by atoms with Crippen molar-refractivity contribution in [3.63, 3.8) is 0 Å². The second-order valence-electron chi connectivity index (χ2n) is 6.32. The first-order valence-corrected chi connectivity index (χ1v) is 7.19. The Bertz CT molecular complexity index is 452. The van der Waals surface area contributed by atoms with Crippen LogP contribution in [0.1, 0.15) is 46.1 Å². The van der Waals surface area contributed by atoms with Crippen LogP contribution >= 0.6 is 0 Å². The number of hydrogen-bond donors (Lipinski definition) is 1. The number of alkyl carbamates (subject to hydrolysis) is 1. The van der Waals surface area contributed by atoms with E-state index in [-0.39, 0.29) is 0 Å². The number of nitrogens with zero attached hydrogens (tertiary/aromatic N) is 3. The molecule has 0 aliphatic carbocycles. The first-order valence-electron chi connectivity index (χ1n) is 7.19. The number of nitrogens with one attached hydrogen (secondary N) is 1. The summed E-state index contributed by atoms with van der Waals surface area (Å²) in [5, 5.41) is 2.71. The fraction of sp³-hybridized carbons (Fsp3) is 0.667. The fourth-order valence-corrected chi connectivity index (χ4v) is 1.57. The van der Waals surface area contributed by atoms with Gasteiger partial charge in [-0.15, -0.1) is 0 Å². The topological polar surface area (TPSA) is 67.4 Å². The maximum atomic E-state index is 11.5. The molecule has 0 saturated carbocycles. The van der Waals surface area contributed by atoms with Crippen LogP contribution in [0, 0.1) is 0 Å². The number of amides is 1. The number of aromatic nitrogens is 2. The van der Waals surface area contributed by atoms with E-state index in [4.69, 9.17) is 4.74 Å². The zero-order valence-corrected chi connectivity index (χ0v) is 13.8. The van der Waals surface area contributed by atoms with Gasteiger partial charge in [0.15, 0.2) is 0 Å². The van der Waals surface area contributed by atoms with Gasteiger partial charge in [0.2, 0.25) is 5.95 Å². The average molecular weight is 294 g/mol. The Labute approximate surface area is 126 Å². The lowest BCUT2D eigenvalue weighted by molar-refractivity contribution is 0.0529. The molecule has 1 amide bonds. The van der Waals surface area contributed by atoms with Crippen LogP contribution in [-0.2, 0) is 4.74 Å². The van der Waals surface area contributed by atoms with E-state index < -0.39 is 11.7 Å². The van der Waals surface area contributed by atoms with E-state index in [1.807, 2.05) is 45.1 Å². The normalized spacial score (nSPS) is 11.4. The zero-order chi connectivity index (χ0) is 16.0. The van der Waals surface area contributed by atoms with E-state index in [0.29, 0.717) is 25.0 Å². The van der Waals surface area contributed by atoms with Gasteiger partial charge in [-0.05, 0) is 32.3 Å². The average Bonchev–Trinajstić information content (AvgIpc) is 2.36. The van der Waals surface area contributed by atoms with Gasteiger partial charge in [-0.1, -0.05) is 13.8 Å². The number of rotatable bonds is 5. The molecule has 1 aromatic heterocycles. The SMILES string of the molecule is CC(C)c1cnc(N(C)CCNC(=O)OC(C)(C)C)nc1. The lowest BCUT2D eigenvalue weighted by Crippen LogP contribution is -2.37. The first-order chi connectivity index (χ1) is 9.69. The molecule has 0 radical (unpaired) electrons. The number of ether oxygens (including phenoxy) is 1. The molecule has 1 heterocycles. The number of carbonyl (C=O) groups excluding carboxylic acids is 1. The molecule has 0 spiro atoms. The number of likely N-dealkylation sites (N-methyl/N-ethyl adjacent to an activating group) is 1.